The highest BCUT2D eigenvalue weighted by molar-refractivity contribution is 6.10. The number of carbonyl (C=O) groups excluding carboxylic acids is 4. The molecule has 7 heterocycles. The zero-order chi connectivity index (χ0) is 49.2. The lowest BCUT2D eigenvalue weighted by atomic mass is 9.75. The fourth-order valence-corrected chi connectivity index (χ4v) is 12.1. The Kier molecular flexibility index (Phi) is 12.7. The first-order valence-corrected chi connectivity index (χ1v) is 25.1. The Morgan fingerprint density at radius 2 is 1.56 bits per heavy atom. The maximum atomic E-state index is 16.0. The van der Waals surface area contributed by atoms with Crippen molar-refractivity contribution < 1.29 is 46.2 Å². The van der Waals surface area contributed by atoms with Gasteiger partial charge in [0, 0.05) is 100 Å². The van der Waals surface area contributed by atoms with Crippen molar-refractivity contribution in [2.45, 2.75) is 107 Å². The van der Waals surface area contributed by atoms with Crippen LogP contribution in [0.4, 0.5) is 28.9 Å². The number of piperidine rings is 2. The molecule has 11 rings (SSSR count). The molecule has 1 aromatic heterocycles. The number of aryl methyl sites for hydroxylation is 1. The Bertz CT molecular complexity index is 2720. The highest BCUT2D eigenvalue weighted by Gasteiger charge is 2.45. The number of anilines is 2. The molecule has 15 nitrogen and oxygen atoms in total. The monoisotopic (exact) mass is 981 g/mol. The van der Waals surface area contributed by atoms with Crippen LogP contribution in [0.1, 0.15) is 106 Å². The summed E-state index contributed by atoms with van der Waals surface area (Å²) in [4.78, 5) is 65.2. The average Bonchev–Trinajstić information content (AvgIpc) is 4.02. The molecular formula is C52H59F4N9O6. The van der Waals surface area contributed by atoms with Gasteiger partial charge in [0.25, 0.3) is 11.8 Å². The number of hydrogen-bond acceptors (Lipinski definition) is 11. The molecule has 19 heteroatoms. The van der Waals surface area contributed by atoms with Gasteiger partial charge in [0.15, 0.2) is 5.82 Å². The number of fused-ring (bicyclic) bond motifs is 2. The Morgan fingerprint density at radius 1 is 0.817 bits per heavy atom. The second-order valence-electron chi connectivity index (χ2n) is 20.7. The first-order chi connectivity index (χ1) is 34.2. The van der Waals surface area contributed by atoms with Crippen LogP contribution in [-0.2, 0) is 63.8 Å². The number of imide groups is 1. The molecule has 376 valence electrons. The molecule has 4 aromatic rings. The van der Waals surface area contributed by atoms with Crippen LogP contribution in [0.25, 0.3) is 0 Å². The van der Waals surface area contributed by atoms with Crippen LogP contribution < -0.4 is 15.1 Å². The molecule has 1 aliphatic carbocycles. The van der Waals surface area contributed by atoms with Crippen LogP contribution in [0.5, 0.6) is 0 Å². The molecule has 1 atom stereocenters. The van der Waals surface area contributed by atoms with Gasteiger partial charge in [-0.05, 0) is 104 Å². The third kappa shape index (κ3) is 9.34. The van der Waals surface area contributed by atoms with E-state index in [1.165, 1.54) is 22.2 Å². The molecule has 7 aliphatic rings. The number of benzene rings is 3. The van der Waals surface area contributed by atoms with Crippen LogP contribution in [0.15, 0.2) is 54.9 Å². The molecule has 1 N–H and O–H groups in total. The number of nitrogens with zero attached hydrogens (tertiary/aromatic N) is 8. The molecule has 3 aromatic carbocycles. The second-order valence-corrected chi connectivity index (χ2v) is 20.7. The lowest BCUT2D eigenvalue weighted by molar-refractivity contribution is -0.138. The number of nitrogens with one attached hydrogen (secondary N) is 1. The number of amides is 4. The Hall–Kier alpha value is -5.76. The summed E-state index contributed by atoms with van der Waals surface area (Å²) in [6, 6.07) is 12.9. The molecule has 6 aliphatic heterocycles. The number of carbonyl (C=O) groups is 4. The summed E-state index contributed by atoms with van der Waals surface area (Å²) in [5.41, 5.74) is 1.98. The van der Waals surface area contributed by atoms with E-state index < -0.39 is 41.3 Å². The van der Waals surface area contributed by atoms with Crippen molar-refractivity contribution in [1.29, 1.82) is 0 Å². The molecule has 1 unspecified atom stereocenters. The summed E-state index contributed by atoms with van der Waals surface area (Å²) >= 11 is 0. The first kappa shape index (κ1) is 47.6. The summed E-state index contributed by atoms with van der Waals surface area (Å²) in [6.45, 7) is 6.38. The zero-order valence-corrected chi connectivity index (χ0v) is 39.9. The van der Waals surface area contributed by atoms with E-state index in [0.717, 1.165) is 82.6 Å². The van der Waals surface area contributed by atoms with E-state index in [0.29, 0.717) is 67.7 Å². The normalized spacial score (nSPS) is 24.4. The predicted molar refractivity (Wildman–Crippen MR) is 252 cm³/mol. The number of aromatic nitrogens is 3. The molecular weight excluding hydrogens is 923 g/mol. The lowest BCUT2D eigenvalue weighted by Crippen LogP contribution is -2.52. The van der Waals surface area contributed by atoms with Crippen molar-refractivity contribution in [2.24, 2.45) is 13.0 Å². The van der Waals surface area contributed by atoms with Gasteiger partial charge in [0.05, 0.1) is 49.8 Å². The van der Waals surface area contributed by atoms with Gasteiger partial charge in [-0.3, -0.25) is 34.1 Å². The van der Waals surface area contributed by atoms with E-state index in [1.807, 2.05) is 30.1 Å². The maximum absolute atomic E-state index is 16.0. The van der Waals surface area contributed by atoms with Crippen molar-refractivity contribution in [3.8, 4) is 0 Å². The molecule has 4 amide bonds. The highest BCUT2D eigenvalue weighted by atomic mass is 19.4. The number of piperazine rings is 1. The number of ether oxygens (including phenoxy) is 2. The minimum atomic E-state index is -4.62. The minimum Gasteiger partial charge on any atom is -0.379 e. The van der Waals surface area contributed by atoms with Gasteiger partial charge >= 0.3 is 6.18 Å². The summed E-state index contributed by atoms with van der Waals surface area (Å²) < 4.78 is 74.2. The SMILES string of the molecule is Cn1ncnc1CC1(c2cccc(N3Cc4c(cc(CN5CCN(C[C@H]6CC[C@H](OC7CCN(c8ccc9c(c8F)CN(C8CCC(=O)NC8=O)C9=O)CC7)CC6)CC5)cc4C(F)(F)F)C3=O)c2)COC1. The van der Waals surface area contributed by atoms with Crippen molar-refractivity contribution in [3.63, 3.8) is 0 Å². The molecule has 4 saturated heterocycles. The van der Waals surface area contributed by atoms with Crippen LogP contribution in [0.2, 0.25) is 0 Å². The van der Waals surface area contributed by atoms with Crippen LogP contribution in [0.3, 0.4) is 0 Å². The van der Waals surface area contributed by atoms with Crippen molar-refractivity contribution >= 4 is 35.0 Å². The van der Waals surface area contributed by atoms with Gasteiger partial charge in [-0.15, -0.1) is 0 Å². The average molecular weight is 982 g/mol. The number of rotatable bonds is 12. The fourth-order valence-electron chi connectivity index (χ4n) is 12.1. The van der Waals surface area contributed by atoms with E-state index >= 15 is 4.39 Å². The van der Waals surface area contributed by atoms with Gasteiger partial charge in [-0.2, -0.15) is 18.3 Å². The standard InChI is InChI=1S/C52H59F4N9O6/c1-60-45(57-31-58-60)24-51(29-70-30-51)34-3-2-4-35(23-34)64-27-40-39(50(64)69)21-33(22-42(40)52(54,55)56)26-62-19-17-61(18-20-62)25-32-5-7-36(8-6-32)71-37-13-15-63(16-14-37)43-10-9-38-41(47(43)53)28-65(49(38)68)44-11-12-46(66)59-48(44)67/h2-4,9-10,21-23,31-32,36-37,44H,5-8,11-20,24-30H2,1H3,(H,59,66,67)/t32-,36-,44?. The lowest BCUT2D eigenvalue weighted by Gasteiger charge is -2.42. The van der Waals surface area contributed by atoms with Crippen molar-refractivity contribution in [1.82, 2.24) is 34.8 Å². The Labute approximate surface area is 409 Å². The third-order valence-electron chi connectivity index (χ3n) is 16.2. The van der Waals surface area contributed by atoms with E-state index in [1.54, 1.807) is 28.9 Å². The van der Waals surface area contributed by atoms with Crippen LogP contribution in [-0.4, -0.2) is 130 Å². The van der Waals surface area contributed by atoms with Gasteiger partial charge < -0.3 is 29.1 Å². The summed E-state index contributed by atoms with van der Waals surface area (Å²) in [7, 11) is 1.83. The van der Waals surface area contributed by atoms with E-state index in [2.05, 4.69) is 25.2 Å². The molecule has 71 heavy (non-hydrogen) atoms. The minimum absolute atomic E-state index is 0.00357. The van der Waals surface area contributed by atoms with Crippen LogP contribution in [0, 0.1) is 11.7 Å². The van der Waals surface area contributed by atoms with Gasteiger partial charge in [-0.25, -0.2) is 9.37 Å². The van der Waals surface area contributed by atoms with E-state index in [-0.39, 0.29) is 66.2 Å². The molecule has 0 spiro atoms. The Morgan fingerprint density at radius 3 is 2.25 bits per heavy atom. The third-order valence-corrected chi connectivity index (χ3v) is 16.2. The molecule has 1 saturated carbocycles. The zero-order valence-electron chi connectivity index (χ0n) is 39.9. The fraction of sp³-hybridized carbons (Fsp3) is 0.538. The van der Waals surface area contributed by atoms with Gasteiger partial charge in [0.2, 0.25) is 11.8 Å². The second kappa shape index (κ2) is 19.0. The summed E-state index contributed by atoms with van der Waals surface area (Å²) in [5.74, 6) is -0.811. The highest BCUT2D eigenvalue weighted by Crippen LogP contribution is 2.43. The van der Waals surface area contributed by atoms with E-state index in [4.69, 9.17) is 9.47 Å². The van der Waals surface area contributed by atoms with Crippen LogP contribution >= 0.6 is 0 Å². The number of halogens is 4. The summed E-state index contributed by atoms with van der Waals surface area (Å²) in [5, 5.41) is 6.48. The molecule has 5 fully saturated rings. The largest absolute Gasteiger partial charge is 0.416 e. The predicted octanol–water partition coefficient (Wildman–Crippen LogP) is 5.77. The van der Waals surface area contributed by atoms with Crippen molar-refractivity contribution in [2.75, 3.05) is 68.8 Å². The van der Waals surface area contributed by atoms with E-state index in [9.17, 15) is 32.3 Å². The summed E-state index contributed by atoms with van der Waals surface area (Å²) in [6.07, 6.45) is 3.67. The molecule has 0 radical (unpaired) electrons. The van der Waals surface area contributed by atoms with Gasteiger partial charge in [0.1, 0.15) is 18.2 Å². The van der Waals surface area contributed by atoms with Crippen molar-refractivity contribution in [3.05, 3.63) is 105 Å². The molecule has 0 bridgehead atoms. The topological polar surface area (TPSA) is 146 Å². The number of alkyl halides is 3. The Balaban J connectivity index is 0.639. The first-order valence-electron chi connectivity index (χ1n) is 25.1. The smallest absolute Gasteiger partial charge is 0.379 e. The quantitative estimate of drug-likeness (QED) is 0.137. The van der Waals surface area contributed by atoms with Gasteiger partial charge in [-0.1, -0.05) is 12.1 Å². The number of hydrogen-bond donors (Lipinski definition) is 1. The maximum Gasteiger partial charge on any atom is 0.416 e.